The second-order valence-corrected chi connectivity index (χ2v) is 3.68. The molecular formula is C9H8Cl2NO2-. The summed E-state index contributed by atoms with van der Waals surface area (Å²) in [6.45, 7) is 0.235. The number of hydrogen-bond acceptors (Lipinski definition) is 2. The van der Waals surface area contributed by atoms with E-state index >= 15 is 0 Å². The van der Waals surface area contributed by atoms with Crippen LogP contribution < -0.4 is 5.11 Å². The lowest BCUT2D eigenvalue weighted by Gasteiger charge is -2.19. The summed E-state index contributed by atoms with van der Waals surface area (Å²) in [7, 11) is 1.43. The molecule has 0 aliphatic heterocycles. The fraction of sp³-hybridized carbons (Fsp3) is 0.222. The Bertz CT molecular complexity index is 355. The van der Waals surface area contributed by atoms with Crippen molar-refractivity contribution in [2.24, 2.45) is 0 Å². The van der Waals surface area contributed by atoms with Gasteiger partial charge in [0, 0.05) is 13.6 Å². The molecule has 3 nitrogen and oxygen atoms in total. The van der Waals surface area contributed by atoms with Gasteiger partial charge < -0.3 is 14.8 Å². The second kappa shape index (κ2) is 4.53. The van der Waals surface area contributed by atoms with Gasteiger partial charge in [0.15, 0.2) is 0 Å². The van der Waals surface area contributed by atoms with Crippen LogP contribution in [0.15, 0.2) is 18.2 Å². The molecule has 1 aromatic rings. The first-order valence-electron chi connectivity index (χ1n) is 3.86. The topological polar surface area (TPSA) is 43.4 Å². The molecule has 0 bridgehead atoms. The van der Waals surface area contributed by atoms with Crippen LogP contribution in [-0.2, 0) is 6.54 Å². The zero-order valence-electron chi connectivity index (χ0n) is 7.46. The van der Waals surface area contributed by atoms with Crippen molar-refractivity contribution in [3.05, 3.63) is 33.8 Å². The van der Waals surface area contributed by atoms with Crippen LogP contribution in [0.4, 0.5) is 4.79 Å². The summed E-state index contributed by atoms with van der Waals surface area (Å²) in [5.41, 5.74) is 0.770. The number of carboxylic acid groups (broad SMARTS) is 1. The molecule has 0 aliphatic carbocycles. The average Bonchev–Trinajstić information content (AvgIpc) is 2.11. The summed E-state index contributed by atoms with van der Waals surface area (Å²) in [6, 6.07) is 4.97. The maximum Gasteiger partial charge on any atom is 0.136 e. The smallest absolute Gasteiger partial charge is 0.136 e. The van der Waals surface area contributed by atoms with E-state index < -0.39 is 6.09 Å². The van der Waals surface area contributed by atoms with Crippen molar-refractivity contribution < 1.29 is 9.90 Å². The lowest BCUT2D eigenvalue weighted by Crippen LogP contribution is -2.37. The normalized spacial score (nSPS) is 9.93. The summed E-state index contributed by atoms with van der Waals surface area (Å²) in [4.78, 5) is 11.5. The van der Waals surface area contributed by atoms with Crippen LogP contribution in [0.3, 0.4) is 0 Å². The van der Waals surface area contributed by atoms with Gasteiger partial charge in [-0.25, -0.2) is 0 Å². The van der Waals surface area contributed by atoms with E-state index in [2.05, 4.69) is 0 Å². The molecule has 1 aromatic carbocycles. The molecule has 0 N–H and O–H groups in total. The van der Waals surface area contributed by atoms with Crippen molar-refractivity contribution in [2.45, 2.75) is 6.54 Å². The minimum Gasteiger partial charge on any atom is -0.530 e. The van der Waals surface area contributed by atoms with Gasteiger partial charge in [0.2, 0.25) is 0 Å². The second-order valence-electron chi connectivity index (χ2n) is 2.87. The standard InChI is InChI=1S/C9H9Cl2NO2/c1-12(9(13)14)5-6-2-3-7(10)8(11)4-6/h2-4H,5H2,1H3,(H,13,14)/p-1. The SMILES string of the molecule is CN(Cc1ccc(Cl)c(Cl)c1)C(=O)[O-]. The van der Waals surface area contributed by atoms with E-state index in [1.54, 1.807) is 18.2 Å². The Morgan fingerprint density at radius 1 is 1.43 bits per heavy atom. The molecule has 0 saturated carbocycles. The van der Waals surface area contributed by atoms with Gasteiger partial charge in [-0.05, 0) is 17.7 Å². The minimum absolute atomic E-state index is 0.235. The van der Waals surface area contributed by atoms with E-state index in [0.717, 1.165) is 10.5 Å². The van der Waals surface area contributed by atoms with Crippen LogP contribution in [0.2, 0.25) is 10.0 Å². The molecule has 1 rings (SSSR count). The van der Waals surface area contributed by atoms with Crippen LogP contribution in [0, 0.1) is 0 Å². The van der Waals surface area contributed by atoms with Gasteiger partial charge in [-0.15, -0.1) is 0 Å². The van der Waals surface area contributed by atoms with Crippen molar-refractivity contribution in [1.29, 1.82) is 0 Å². The highest BCUT2D eigenvalue weighted by Gasteiger charge is 2.02. The molecule has 0 unspecified atom stereocenters. The largest absolute Gasteiger partial charge is 0.530 e. The van der Waals surface area contributed by atoms with Gasteiger partial charge in [-0.3, -0.25) is 0 Å². The molecule has 0 radical (unpaired) electrons. The van der Waals surface area contributed by atoms with Crippen molar-refractivity contribution in [3.63, 3.8) is 0 Å². The van der Waals surface area contributed by atoms with E-state index in [-0.39, 0.29) is 6.54 Å². The lowest BCUT2D eigenvalue weighted by atomic mass is 10.2. The molecule has 0 atom stereocenters. The van der Waals surface area contributed by atoms with Gasteiger partial charge in [-0.1, -0.05) is 29.3 Å². The summed E-state index contributed by atoms with van der Waals surface area (Å²) < 4.78 is 0. The number of hydrogen-bond donors (Lipinski definition) is 0. The molecule has 0 aliphatic rings. The number of amides is 1. The first-order valence-corrected chi connectivity index (χ1v) is 4.62. The predicted molar refractivity (Wildman–Crippen MR) is 53.3 cm³/mol. The van der Waals surface area contributed by atoms with Crippen molar-refractivity contribution in [2.75, 3.05) is 7.05 Å². The molecule has 1 amide bonds. The van der Waals surface area contributed by atoms with Gasteiger partial charge >= 0.3 is 0 Å². The lowest BCUT2D eigenvalue weighted by molar-refractivity contribution is -0.264. The van der Waals surface area contributed by atoms with Gasteiger partial charge in [0.25, 0.3) is 0 Å². The van der Waals surface area contributed by atoms with E-state index in [1.807, 2.05) is 0 Å². The molecule has 14 heavy (non-hydrogen) atoms. The first kappa shape index (κ1) is 11.1. The summed E-state index contributed by atoms with van der Waals surface area (Å²) in [5.74, 6) is 0. The molecule has 0 spiro atoms. The fourth-order valence-electron chi connectivity index (χ4n) is 0.976. The third kappa shape index (κ3) is 2.79. The number of carbonyl (C=O) groups is 1. The number of nitrogens with zero attached hydrogens (tertiary/aromatic N) is 1. The Kier molecular flexibility index (Phi) is 3.61. The van der Waals surface area contributed by atoms with Crippen molar-refractivity contribution in [1.82, 2.24) is 4.90 Å². The third-order valence-electron chi connectivity index (χ3n) is 1.72. The van der Waals surface area contributed by atoms with Gasteiger partial charge in [0.05, 0.1) is 10.0 Å². The van der Waals surface area contributed by atoms with E-state index in [0.29, 0.717) is 10.0 Å². The van der Waals surface area contributed by atoms with Crippen LogP contribution in [0.1, 0.15) is 5.56 Å². The van der Waals surface area contributed by atoms with Crippen LogP contribution in [-0.4, -0.2) is 18.0 Å². The molecule has 5 heteroatoms. The summed E-state index contributed by atoms with van der Waals surface area (Å²) in [5, 5.41) is 11.3. The van der Waals surface area contributed by atoms with Crippen molar-refractivity contribution >= 4 is 29.3 Å². The maximum atomic E-state index is 10.4. The number of benzene rings is 1. The zero-order chi connectivity index (χ0) is 10.7. The highest BCUT2D eigenvalue weighted by molar-refractivity contribution is 6.42. The molecule has 0 saturated heterocycles. The Hall–Kier alpha value is -0.930. The summed E-state index contributed by atoms with van der Waals surface area (Å²) in [6.07, 6.45) is -1.23. The highest BCUT2D eigenvalue weighted by Crippen LogP contribution is 2.22. The Balaban J connectivity index is 2.78. The monoisotopic (exact) mass is 232 g/mol. The van der Waals surface area contributed by atoms with E-state index in [9.17, 15) is 9.90 Å². The minimum atomic E-state index is -1.23. The van der Waals surface area contributed by atoms with Gasteiger partial charge in [-0.2, -0.15) is 0 Å². The zero-order valence-corrected chi connectivity index (χ0v) is 8.97. The number of rotatable bonds is 2. The molecule has 76 valence electrons. The predicted octanol–water partition coefficient (Wildman–Crippen LogP) is 1.77. The first-order chi connectivity index (χ1) is 6.50. The molecule has 0 fully saturated rings. The van der Waals surface area contributed by atoms with Gasteiger partial charge in [0.1, 0.15) is 6.09 Å². The fourth-order valence-corrected chi connectivity index (χ4v) is 1.30. The van der Waals surface area contributed by atoms with Crippen LogP contribution in [0.5, 0.6) is 0 Å². The maximum absolute atomic E-state index is 10.4. The van der Waals surface area contributed by atoms with Crippen LogP contribution in [0.25, 0.3) is 0 Å². The van der Waals surface area contributed by atoms with Crippen LogP contribution >= 0.6 is 23.2 Å². The third-order valence-corrected chi connectivity index (χ3v) is 2.45. The average molecular weight is 233 g/mol. The quantitative estimate of drug-likeness (QED) is 0.781. The van der Waals surface area contributed by atoms with E-state index in [1.165, 1.54) is 7.05 Å². The summed E-state index contributed by atoms with van der Waals surface area (Å²) >= 11 is 11.5. The number of carbonyl (C=O) groups excluding carboxylic acids is 1. The Labute approximate surface area is 91.8 Å². The number of halogens is 2. The Morgan fingerprint density at radius 2 is 2.07 bits per heavy atom. The molecular weight excluding hydrogens is 225 g/mol. The molecule has 0 heterocycles. The molecule has 0 aromatic heterocycles. The Morgan fingerprint density at radius 3 is 2.57 bits per heavy atom. The van der Waals surface area contributed by atoms with Crippen molar-refractivity contribution in [3.8, 4) is 0 Å². The van der Waals surface area contributed by atoms with E-state index in [4.69, 9.17) is 23.2 Å². The highest BCUT2D eigenvalue weighted by atomic mass is 35.5.